The van der Waals surface area contributed by atoms with Crippen LogP contribution in [0.15, 0.2) is 17.5 Å². The minimum atomic E-state index is -1.18. The van der Waals surface area contributed by atoms with E-state index in [4.69, 9.17) is 17.2 Å². The van der Waals surface area contributed by atoms with E-state index in [1.165, 1.54) is 24.3 Å². The number of guanidine groups is 1. The molecule has 15 heteroatoms. The average Bonchev–Trinajstić information content (AvgIpc) is 3.30. The van der Waals surface area contributed by atoms with Gasteiger partial charge in [0.15, 0.2) is 5.96 Å². The molecule has 1 heterocycles. The van der Waals surface area contributed by atoms with Crippen molar-refractivity contribution in [1.29, 1.82) is 0 Å². The van der Waals surface area contributed by atoms with Gasteiger partial charge in [-0.2, -0.15) is 11.8 Å². The molecule has 0 bridgehead atoms. The van der Waals surface area contributed by atoms with Crippen molar-refractivity contribution in [3.8, 4) is 0 Å². The van der Waals surface area contributed by atoms with Crippen molar-refractivity contribution < 1.29 is 24.3 Å². The number of rotatable bonds is 16. The zero-order valence-electron chi connectivity index (χ0n) is 19.0. The second-order valence-electron chi connectivity index (χ2n) is 7.30. The van der Waals surface area contributed by atoms with E-state index < -0.39 is 41.8 Å². The van der Waals surface area contributed by atoms with Crippen LogP contribution in [0.25, 0.3) is 0 Å². The maximum Gasteiger partial charge on any atom is 0.326 e. The highest BCUT2D eigenvalue weighted by atomic mass is 32.2. The van der Waals surface area contributed by atoms with Crippen LogP contribution in [0.3, 0.4) is 0 Å². The van der Waals surface area contributed by atoms with Gasteiger partial charge in [-0.15, -0.1) is 0 Å². The molecule has 0 aromatic carbocycles. The Balaban J connectivity index is 2.98. The molecule has 1 aromatic rings. The number of aromatic amines is 1. The topological polar surface area (TPSA) is 244 Å². The first-order chi connectivity index (χ1) is 16.2. The standard InChI is InChI=1S/C19H33N9O5S/c1-34-6-4-13(18(32)33)27-17(31)14(7-11-9-23-10-25-11)28-16(30)12(26-15(29)8-20)3-2-5-24-19(21)22/h9-10,12-14H,2-8,20H2,1H3,(H,23,25)(H,26,29)(H,27,31)(H,28,30)(H,32,33)(H4,21,22,24). The van der Waals surface area contributed by atoms with Crippen LogP contribution in [0, 0.1) is 0 Å². The van der Waals surface area contributed by atoms with Crippen LogP contribution in [0.1, 0.15) is 25.0 Å². The van der Waals surface area contributed by atoms with Gasteiger partial charge in [0.05, 0.1) is 12.9 Å². The molecule has 0 aliphatic carbocycles. The number of carboxylic acid groups (broad SMARTS) is 1. The fraction of sp³-hybridized carbons (Fsp3) is 0.579. The molecule has 0 saturated heterocycles. The number of amides is 3. The summed E-state index contributed by atoms with van der Waals surface area (Å²) >= 11 is 1.45. The van der Waals surface area contributed by atoms with Gasteiger partial charge in [0.2, 0.25) is 17.7 Å². The lowest BCUT2D eigenvalue weighted by Crippen LogP contribution is -2.57. The number of aliphatic imine (C=N–C) groups is 1. The maximum atomic E-state index is 13.0. The summed E-state index contributed by atoms with van der Waals surface area (Å²) in [6, 6.07) is -3.25. The molecule has 0 aliphatic heterocycles. The van der Waals surface area contributed by atoms with Gasteiger partial charge in [0, 0.05) is 24.9 Å². The summed E-state index contributed by atoms with van der Waals surface area (Å²) in [6.07, 6.45) is 5.51. The summed E-state index contributed by atoms with van der Waals surface area (Å²) < 4.78 is 0. The number of carboxylic acids is 1. The van der Waals surface area contributed by atoms with Gasteiger partial charge in [-0.25, -0.2) is 9.78 Å². The highest BCUT2D eigenvalue weighted by Gasteiger charge is 2.29. The van der Waals surface area contributed by atoms with E-state index in [9.17, 15) is 24.3 Å². The SMILES string of the molecule is CSCCC(NC(=O)C(Cc1cnc[nH]1)NC(=O)C(CCCN=C(N)N)NC(=O)CN)C(=O)O. The Hall–Kier alpha value is -3.33. The maximum absolute atomic E-state index is 13.0. The van der Waals surface area contributed by atoms with Gasteiger partial charge in [-0.1, -0.05) is 0 Å². The number of thioether (sulfide) groups is 1. The predicted octanol–water partition coefficient (Wildman–Crippen LogP) is -2.74. The molecule has 3 amide bonds. The Kier molecular flexibility index (Phi) is 13.1. The third-order valence-corrected chi connectivity index (χ3v) is 5.26. The zero-order valence-corrected chi connectivity index (χ0v) is 19.8. The summed E-state index contributed by atoms with van der Waals surface area (Å²) in [6.45, 7) is -0.0934. The molecule has 1 rings (SSSR count). The smallest absolute Gasteiger partial charge is 0.326 e. The van der Waals surface area contributed by atoms with Gasteiger partial charge in [0.25, 0.3) is 0 Å². The van der Waals surface area contributed by atoms with Crippen LogP contribution in [0.4, 0.5) is 0 Å². The quantitative estimate of drug-likeness (QED) is 0.0662. The first-order valence-corrected chi connectivity index (χ1v) is 11.9. The Bertz CT molecular complexity index is 830. The summed E-state index contributed by atoms with van der Waals surface area (Å²) in [7, 11) is 0. The molecular weight excluding hydrogens is 466 g/mol. The Labute approximate surface area is 201 Å². The number of carbonyl (C=O) groups excluding carboxylic acids is 3. The number of H-pyrrole nitrogens is 1. The lowest BCUT2D eigenvalue weighted by atomic mass is 10.1. The molecule has 0 fully saturated rings. The Morgan fingerprint density at radius 1 is 1.12 bits per heavy atom. The van der Waals surface area contributed by atoms with E-state index in [1.54, 1.807) is 0 Å². The summed E-state index contributed by atoms with van der Waals surface area (Å²) in [5.74, 6) is -2.63. The molecule has 11 N–H and O–H groups in total. The zero-order chi connectivity index (χ0) is 25.5. The first kappa shape index (κ1) is 28.7. The van der Waals surface area contributed by atoms with Crippen LogP contribution in [-0.2, 0) is 25.6 Å². The van der Waals surface area contributed by atoms with Crippen LogP contribution >= 0.6 is 11.8 Å². The lowest BCUT2D eigenvalue weighted by molar-refractivity contribution is -0.142. The molecule has 1 aromatic heterocycles. The fourth-order valence-corrected chi connectivity index (χ4v) is 3.36. The van der Waals surface area contributed by atoms with Gasteiger partial charge < -0.3 is 43.2 Å². The van der Waals surface area contributed by atoms with E-state index in [1.807, 2.05) is 6.26 Å². The number of nitrogens with two attached hydrogens (primary N) is 3. The van der Waals surface area contributed by atoms with Gasteiger partial charge in [0.1, 0.15) is 18.1 Å². The van der Waals surface area contributed by atoms with E-state index in [2.05, 4.69) is 30.9 Å². The second kappa shape index (κ2) is 15.5. The Morgan fingerprint density at radius 2 is 1.79 bits per heavy atom. The van der Waals surface area contributed by atoms with Crippen LogP contribution < -0.4 is 33.2 Å². The minimum Gasteiger partial charge on any atom is -0.480 e. The number of carbonyl (C=O) groups is 4. The van der Waals surface area contributed by atoms with Crippen molar-refractivity contribution in [1.82, 2.24) is 25.9 Å². The molecule has 0 aliphatic rings. The third-order valence-electron chi connectivity index (χ3n) is 4.62. The highest BCUT2D eigenvalue weighted by Crippen LogP contribution is 2.06. The highest BCUT2D eigenvalue weighted by molar-refractivity contribution is 7.98. The van der Waals surface area contributed by atoms with Crippen molar-refractivity contribution >= 4 is 41.4 Å². The molecule has 190 valence electrons. The van der Waals surface area contributed by atoms with E-state index >= 15 is 0 Å². The second-order valence-corrected chi connectivity index (χ2v) is 8.28. The average molecular weight is 500 g/mol. The number of nitrogens with zero attached hydrogens (tertiary/aromatic N) is 2. The van der Waals surface area contributed by atoms with Crippen molar-refractivity contribution in [2.75, 3.05) is 25.1 Å². The van der Waals surface area contributed by atoms with E-state index in [0.717, 1.165) is 0 Å². The molecule has 3 atom stereocenters. The summed E-state index contributed by atoms with van der Waals surface area (Å²) in [4.78, 5) is 59.9. The van der Waals surface area contributed by atoms with E-state index in [0.29, 0.717) is 17.9 Å². The van der Waals surface area contributed by atoms with Crippen LogP contribution in [0.2, 0.25) is 0 Å². The number of hydrogen-bond donors (Lipinski definition) is 8. The molecule has 14 nitrogen and oxygen atoms in total. The Morgan fingerprint density at radius 3 is 2.35 bits per heavy atom. The number of nitrogens with one attached hydrogen (secondary N) is 4. The number of imidazole rings is 1. The largest absolute Gasteiger partial charge is 0.480 e. The molecule has 0 saturated carbocycles. The van der Waals surface area contributed by atoms with Crippen LogP contribution in [0.5, 0.6) is 0 Å². The molecule has 3 unspecified atom stereocenters. The third kappa shape index (κ3) is 11.0. The van der Waals surface area contributed by atoms with E-state index in [-0.39, 0.29) is 38.3 Å². The normalized spacial score (nSPS) is 13.2. The minimum absolute atomic E-state index is 0.0258. The summed E-state index contributed by atoms with van der Waals surface area (Å²) in [5, 5.41) is 17.0. The van der Waals surface area contributed by atoms with Crippen molar-refractivity contribution in [2.45, 2.75) is 43.8 Å². The van der Waals surface area contributed by atoms with Gasteiger partial charge >= 0.3 is 5.97 Å². The molecular formula is C19H33N9O5S. The van der Waals surface area contributed by atoms with Gasteiger partial charge in [-0.3, -0.25) is 19.4 Å². The number of aliphatic carboxylic acids is 1. The van der Waals surface area contributed by atoms with Crippen molar-refractivity contribution in [2.24, 2.45) is 22.2 Å². The number of hydrogen-bond acceptors (Lipinski definition) is 8. The number of aromatic nitrogens is 2. The summed E-state index contributed by atoms with van der Waals surface area (Å²) in [5.41, 5.74) is 16.5. The first-order valence-electron chi connectivity index (χ1n) is 10.5. The monoisotopic (exact) mass is 499 g/mol. The van der Waals surface area contributed by atoms with Crippen LogP contribution in [-0.4, -0.2) is 87.9 Å². The molecule has 0 spiro atoms. The predicted molar refractivity (Wildman–Crippen MR) is 128 cm³/mol. The molecule has 0 radical (unpaired) electrons. The van der Waals surface area contributed by atoms with Gasteiger partial charge in [-0.05, 0) is 31.3 Å². The fourth-order valence-electron chi connectivity index (χ4n) is 2.89. The molecule has 34 heavy (non-hydrogen) atoms. The van der Waals surface area contributed by atoms with Crippen molar-refractivity contribution in [3.05, 3.63) is 18.2 Å². The lowest BCUT2D eigenvalue weighted by Gasteiger charge is -2.24. The van der Waals surface area contributed by atoms with Crippen molar-refractivity contribution in [3.63, 3.8) is 0 Å².